The number of nitrogens with zero attached hydrogens (tertiary/aromatic N) is 3. The van der Waals surface area contributed by atoms with Crippen LogP contribution in [0.25, 0.3) is 6.08 Å². The van der Waals surface area contributed by atoms with Crippen LogP contribution in [0.3, 0.4) is 0 Å². The average molecular weight is 148 g/mol. The molecule has 0 unspecified atom stereocenters. The lowest BCUT2D eigenvalue weighted by Crippen LogP contribution is -1.93. The summed E-state index contributed by atoms with van der Waals surface area (Å²) in [5, 5.41) is 0. The van der Waals surface area contributed by atoms with Crippen molar-refractivity contribution >= 4 is 24.3 Å². The molecule has 0 aliphatic rings. The molecule has 1 aromatic rings. The van der Waals surface area contributed by atoms with E-state index in [-0.39, 0.29) is 0 Å². The van der Waals surface area contributed by atoms with Crippen molar-refractivity contribution in [2.75, 3.05) is 5.73 Å². The van der Waals surface area contributed by atoms with Gasteiger partial charge in [-0.1, -0.05) is 6.58 Å². The molecule has 0 saturated carbocycles. The molecule has 0 bridgehead atoms. The highest BCUT2D eigenvalue weighted by Gasteiger charge is 2.01. The van der Waals surface area contributed by atoms with Gasteiger partial charge in [0.1, 0.15) is 12.0 Å². The summed E-state index contributed by atoms with van der Waals surface area (Å²) in [5.41, 5.74) is 6.57. The van der Waals surface area contributed by atoms with Crippen molar-refractivity contribution in [3.63, 3.8) is 0 Å². The lowest BCUT2D eigenvalue weighted by molar-refractivity contribution is 1.15. The Labute approximate surface area is 64.5 Å². The maximum Gasteiger partial charge on any atom is 0.153 e. The van der Waals surface area contributed by atoms with E-state index in [1.165, 1.54) is 6.33 Å². The van der Waals surface area contributed by atoms with Crippen LogP contribution in [-0.2, 0) is 0 Å². The Morgan fingerprint density at radius 2 is 2.27 bits per heavy atom. The van der Waals surface area contributed by atoms with Gasteiger partial charge in [0.2, 0.25) is 0 Å². The summed E-state index contributed by atoms with van der Waals surface area (Å²) in [5.74, 6) is 0.324. The molecule has 4 heteroatoms. The second-order valence-corrected chi connectivity index (χ2v) is 1.85. The maximum absolute atomic E-state index is 5.47. The number of aliphatic imine (C=N–C) groups is 1. The van der Waals surface area contributed by atoms with Gasteiger partial charge in [0.15, 0.2) is 5.82 Å². The van der Waals surface area contributed by atoms with Crippen LogP contribution < -0.4 is 5.73 Å². The molecule has 1 heterocycles. The van der Waals surface area contributed by atoms with E-state index < -0.39 is 0 Å². The van der Waals surface area contributed by atoms with Gasteiger partial charge in [-0.15, -0.1) is 0 Å². The van der Waals surface area contributed by atoms with Crippen LogP contribution in [0.2, 0.25) is 0 Å². The fourth-order valence-corrected chi connectivity index (χ4v) is 0.718. The van der Waals surface area contributed by atoms with Gasteiger partial charge in [0, 0.05) is 0 Å². The van der Waals surface area contributed by atoms with Gasteiger partial charge in [-0.3, -0.25) is 4.99 Å². The molecule has 0 radical (unpaired) electrons. The predicted octanol–water partition coefficient (Wildman–Crippen LogP) is 1.03. The molecule has 0 atom stereocenters. The number of nitrogen functional groups attached to an aromatic ring is 1. The third kappa shape index (κ3) is 1.24. The van der Waals surface area contributed by atoms with Crippen LogP contribution in [0.4, 0.5) is 11.5 Å². The fraction of sp³-hybridized carbons (Fsp3) is 0. The topological polar surface area (TPSA) is 64.2 Å². The highest BCUT2D eigenvalue weighted by Crippen LogP contribution is 2.22. The molecule has 0 saturated heterocycles. The first-order chi connectivity index (χ1) is 5.29. The zero-order chi connectivity index (χ0) is 8.27. The molecule has 0 aromatic carbocycles. The summed E-state index contributed by atoms with van der Waals surface area (Å²) in [7, 11) is 0. The Morgan fingerprint density at radius 1 is 1.55 bits per heavy atom. The van der Waals surface area contributed by atoms with Crippen molar-refractivity contribution in [3.05, 3.63) is 18.6 Å². The van der Waals surface area contributed by atoms with Crippen LogP contribution in [-0.4, -0.2) is 16.7 Å². The number of nitrogens with two attached hydrogens (primary N) is 1. The molecule has 0 aliphatic carbocycles. The summed E-state index contributed by atoms with van der Waals surface area (Å²) in [6, 6.07) is 0. The Morgan fingerprint density at radius 3 is 2.73 bits per heavy atom. The van der Waals surface area contributed by atoms with E-state index in [2.05, 4.69) is 28.3 Å². The molecule has 0 fully saturated rings. The lowest BCUT2D eigenvalue weighted by atomic mass is 10.3. The first kappa shape index (κ1) is 7.40. The summed E-state index contributed by atoms with van der Waals surface area (Å²) in [4.78, 5) is 11.3. The molecule has 1 rings (SSSR count). The summed E-state index contributed by atoms with van der Waals surface area (Å²) in [6.07, 6.45) is 2.92. The zero-order valence-electron chi connectivity index (χ0n) is 5.99. The number of hydrogen-bond acceptors (Lipinski definition) is 4. The largest absolute Gasteiger partial charge is 0.382 e. The smallest absolute Gasteiger partial charge is 0.153 e. The SMILES string of the molecule is C=Cc1ncnc(N)c1N=C. The van der Waals surface area contributed by atoms with E-state index in [4.69, 9.17) is 5.73 Å². The first-order valence-corrected chi connectivity index (χ1v) is 2.99. The number of anilines is 1. The van der Waals surface area contributed by atoms with Crippen LogP contribution in [0.1, 0.15) is 5.69 Å². The highest BCUT2D eigenvalue weighted by atomic mass is 15.0. The zero-order valence-corrected chi connectivity index (χ0v) is 5.99. The van der Waals surface area contributed by atoms with Gasteiger partial charge in [-0.05, 0) is 12.8 Å². The average Bonchev–Trinajstić information content (AvgIpc) is 2.04. The molecule has 0 aliphatic heterocycles. The van der Waals surface area contributed by atoms with Gasteiger partial charge >= 0.3 is 0 Å². The molecule has 56 valence electrons. The quantitative estimate of drug-likeness (QED) is 0.637. The van der Waals surface area contributed by atoms with Crippen molar-refractivity contribution in [2.24, 2.45) is 4.99 Å². The molecule has 11 heavy (non-hydrogen) atoms. The van der Waals surface area contributed by atoms with Crippen LogP contribution >= 0.6 is 0 Å². The third-order valence-electron chi connectivity index (χ3n) is 1.23. The number of hydrogen-bond donors (Lipinski definition) is 1. The molecule has 1 aromatic heterocycles. The highest BCUT2D eigenvalue weighted by molar-refractivity contribution is 5.70. The van der Waals surface area contributed by atoms with Crippen molar-refractivity contribution in [1.29, 1.82) is 0 Å². The predicted molar refractivity (Wildman–Crippen MR) is 45.7 cm³/mol. The second-order valence-electron chi connectivity index (χ2n) is 1.85. The number of aromatic nitrogens is 2. The van der Waals surface area contributed by atoms with Crippen molar-refractivity contribution in [2.45, 2.75) is 0 Å². The Bertz CT molecular complexity index is 292. The van der Waals surface area contributed by atoms with E-state index in [0.29, 0.717) is 17.2 Å². The summed E-state index contributed by atoms with van der Waals surface area (Å²) >= 11 is 0. The standard InChI is InChI=1S/C7H8N4/c1-3-5-6(9-2)7(8)11-4-10-5/h3-4H,1-2H2,(H2,8,10,11). The van der Waals surface area contributed by atoms with E-state index in [9.17, 15) is 0 Å². The van der Waals surface area contributed by atoms with Crippen LogP contribution in [0, 0.1) is 0 Å². The maximum atomic E-state index is 5.47. The van der Waals surface area contributed by atoms with Crippen molar-refractivity contribution < 1.29 is 0 Å². The third-order valence-corrected chi connectivity index (χ3v) is 1.23. The van der Waals surface area contributed by atoms with E-state index in [1.807, 2.05) is 0 Å². The van der Waals surface area contributed by atoms with E-state index >= 15 is 0 Å². The minimum atomic E-state index is 0.324. The summed E-state index contributed by atoms with van der Waals surface area (Å²) in [6.45, 7) is 6.89. The van der Waals surface area contributed by atoms with Gasteiger partial charge in [0.25, 0.3) is 0 Å². The van der Waals surface area contributed by atoms with Crippen LogP contribution in [0.15, 0.2) is 17.9 Å². The molecular formula is C7H8N4. The van der Waals surface area contributed by atoms with Gasteiger partial charge in [-0.25, -0.2) is 9.97 Å². The Balaban J connectivity index is 3.35. The Kier molecular flexibility index (Phi) is 1.96. The van der Waals surface area contributed by atoms with Gasteiger partial charge < -0.3 is 5.73 Å². The van der Waals surface area contributed by atoms with Crippen molar-refractivity contribution in [3.8, 4) is 0 Å². The van der Waals surface area contributed by atoms with Crippen LogP contribution in [0.5, 0.6) is 0 Å². The van der Waals surface area contributed by atoms with E-state index in [0.717, 1.165) is 0 Å². The Hall–Kier alpha value is -1.71. The lowest BCUT2D eigenvalue weighted by Gasteiger charge is -1.99. The molecule has 4 nitrogen and oxygen atoms in total. The molecule has 0 amide bonds. The van der Waals surface area contributed by atoms with E-state index in [1.54, 1.807) is 6.08 Å². The fourth-order valence-electron chi connectivity index (χ4n) is 0.718. The van der Waals surface area contributed by atoms with Gasteiger partial charge in [0.05, 0.1) is 5.69 Å². The first-order valence-electron chi connectivity index (χ1n) is 2.99. The molecule has 0 spiro atoms. The minimum absolute atomic E-state index is 0.324. The number of rotatable bonds is 2. The summed E-state index contributed by atoms with van der Waals surface area (Å²) < 4.78 is 0. The minimum Gasteiger partial charge on any atom is -0.382 e. The molecular weight excluding hydrogens is 140 g/mol. The monoisotopic (exact) mass is 148 g/mol. The molecule has 2 N–H and O–H groups in total. The van der Waals surface area contributed by atoms with Crippen molar-refractivity contribution in [1.82, 2.24) is 9.97 Å². The normalized spacial score (nSPS) is 9.09. The second kappa shape index (κ2) is 2.92. The van der Waals surface area contributed by atoms with Gasteiger partial charge in [-0.2, -0.15) is 0 Å².